The minimum absolute atomic E-state index is 0.00554. The maximum absolute atomic E-state index is 13.2. The van der Waals surface area contributed by atoms with Crippen molar-refractivity contribution in [2.24, 2.45) is 0 Å². The van der Waals surface area contributed by atoms with Crippen molar-refractivity contribution in [3.63, 3.8) is 0 Å². The first-order valence-electron chi connectivity index (χ1n) is 6.20. The Morgan fingerprint density at radius 1 is 1.38 bits per heavy atom. The number of hydrogen-bond donors (Lipinski definition) is 0. The quantitative estimate of drug-likeness (QED) is 0.632. The summed E-state index contributed by atoms with van der Waals surface area (Å²) < 4.78 is 13.2. The fourth-order valence-electron chi connectivity index (χ4n) is 1.85. The van der Waals surface area contributed by atoms with Gasteiger partial charge in [-0.25, -0.2) is 9.37 Å². The first kappa shape index (κ1) is 15.8. The molecule has 3 nitrogen and oxygen atoms in total. The second-order valence-corrected chi connectivity index (χ2v) is 5.74. The molecule has 110 valence electrons. The van der Waals surface area contributed by atoms with Gasteiger partial charge in [-0.3, -0.25) is 4.79 Å². The number of aromatic nitrogens is 1. The molecule has 0 saturated heterocycles. The average molecular weight is 325 g/mol. The maximum atomic E-state index is 13.2. The van der Waals surface area contributed by atoms with Gasteiger partial charge in [0.1, 0.15) is 11.0 Å². The molecule has 0 N–H and O–H groups in total. The third-order valence-electron chi connectivity index (χ3n) is 2.96. The van der Waals surface area contributed by atoms with Gasteiger partial charge in [0.25, 0.3) is 5.91 Å². The van der Waals surface area contributed by atoms with Crippen LogP contribution in [0.25, 0.3) is 0 Å². The molecule has 0 aliphatic carbocycles. The van der Waals surface area contributed by atoms with E-state index in [0.717, 1.165) is 22.7 Å². The average Bonchev–Trinajstić information content (AvgIpc) is 2.49. The second kappa shape index (κ2) is 6.91. The van der Waals surface area contributed by atoms with Gasteiger partial charge >= 0.3 is 0 Å². The zero-order chi connectivity index (χ0) is 15.4. The first-order valence-corrected chi connectivity index (χ1v) is 7.81. The lowest BCUT2D eigenvalue weighted by Crippen LogP contribution is -2.26. The van der Waals surface area contributed by atoms with Crippen molar-refractivity contribution in [3.05, 3.63) is 58.6 Å². The Kier molecular flexibility index (Phi) is 5.20. The van der Waals surface area contributed by atoms with Crippen molar-refractivity contribution in [3.8, 4) is 0 Å². The number of halogens is 2. The summed E-state index contributed by atoms with van der Waals surface area (Å²) in [5, 5.41) is 0.00554. The van der Waals surface area contributed by atoms with E-state index in [2.05, 4.69) is 4.98 Å². The maximum Gasteiger partial charge on any atom is 0.257 e. The molecule has 0 radical (unpaired) electrons. The standard InChI is InChI=1S/C15H14ClFN2OS/c1-19(9-10-3-5-12(21-2)6-4-10)15(20)13-7-11(17)8-18-14(13)16/h3-8H,9H2,1-2H3. The molecule has 1 heterocycles. The molecule has 0 aliphatic rings. The zero-order valence-corrected chi connectivity index (χ0v) is 13.2. The number of carbonyl (C=O) groups is 1. The molecular formula is C15H14ClFN2OS. The van der Waals surface area contributed by atoms with Crippen molar-refractivity contribution >= 4 is 29.3 Å². The predicted octanol–water partition coefficient (Wildman–Crippen LogP) is 3.87. The molecule has 0 bridgehead atoms. The molecule has 0 atom stereocenters. The summed E-state index contributed by atoms with van der Waals surface area (Å²) in [6.07, 6.45) is 2.99. The van der Waals surface area contributed by atoms with E-state index in [0.29, 0.717) is 6.54 Å². The van der Waals surface area contributed by atoms with Crippen LogP contribution in [0.4, 0.5) is 4.39 Å². The van der Waals surface area contributed by atoms with E-state index >= 15 is 0 Å². The molecule has 0 fully saturated rings. The fraction of sp³-hybridized carbons (Fsp3) is 0.200. The Hall–Kier alpha value is -1.59. The second-order valence-electron chi connectivity index (χ2n) is 4.50. The lowest BCUT2D eigenvalue weighted by atomic mass is 10.2. The molecule has 1 aromatic carbocycles. The smallest absolute Gasteiger partial charge is 0.257 e. The molecule has 0 unspecified atom stereocenters. The van der Waals surface area contributed by atoms with E-state index in [9.17, 15) is 9.18 Å². The number of pyridine rings is 1. The van der Waals surface area contributed by atoms with E-state index in [1.807, 2.05) is 30.5 Å². The Balaban J connectivity index is 2.13. The summed E-state index contributed by atoms with van der Waals surface area (Å²) in [6.45, 7) is 0.417. The third kappa shape index (κ3) is 3.95. The number of carbonyl (C=O) groups excluding carboxylic acids is 1. The van der Waals surface area contributed by atoms with Crippen LogP contribution >= 0.6 is 23.4 Å². The zero-order valence-electron chi connectivity index (χ0n) is 11.6. The molecule has 0 saturated carbocycles. The van der Waals surface area contributed by atoms with Crippen molar-refractivity contribution in [1.29, 1.82) is 0 Å². The van der Waals surface area contributed by atoms with Gasteiger partial charge in [0.2, 0.25) is 0 Å². The van der Waals surface area contributed by atoms with Gasteiger partial charge in [-0.05, 0) is 30.0 Å². The highest BCUT2D eigenvalue weighted by Crippen LogP contribution is 2.18. The number of amides is 1. The van der Waals surface area contributed by atoms with Crippen LogP contribution < -0.4 is 0 Å². The van der Waals surface area contributed by atoms with E-state index < -0.39 is 5.82 Å². The van der Waals surface area contributed by atoms with E-state index in [1.54, 1.807) is 18.8 Å². The molecule has 21 heavy (non-hydrogen) atoms. The predicted molar refractivity (Wildman–Crippen MR) is 83.2 cm³/mol. The largest absolute Gasteiger partial charge is 0.337 e. The van der Waals surface area contributed by atoms with E-state index in [4.69, 9.17) is 11.6 Å². The minimum Gasteiger partial charge on any atom is -0.337 e. The van der Waals surface area contributed by atoms with Crippen LogP contribution in [0.3, 0.4) is 0 Å². The molecule has 2 rings (SSSR count). The van der Waals surface area contributed by atoms with Crippen LogP contribution in [0.15, 0.2) is 41.4 Å². The fourth-order valence-corrected chi connectivity index (χ4v) is 2.45. The number of hydrogen-bond acceptors (Lipinski definition) is 3. The molecule has 1 aromatic heterocycles. The van der Waals surface area contributed by atoms with Gasteiger partial charge in [0.15, 0.2) is 0 Å². The monoisotopic (exact) mass is 324 g/mol. The molecule has 0 aliphatic heterocycles. The SMILES string of the molecule is CSc1ccc(CN(C)C(=O)c2cc(F)cnc2Cl)cc1. The molecular weight excluding hydrogens is 311 g/mol. The van der Waals surface area contributed by atoms with Crippen LogP contribution in [-0.2, 0) is 6.54 Å². The van der Waals surface area contributed by atoms with Gasteiger partial charge < -0.3 is 4.90 Å². The normalized spacial score (nSPS) is 10.5. The number of nitrogens with zero attached hydrogens (tertiary/aromatic N) is 2. The van der Waals surface area contributed by atoms with Crippen molar-refractivity contribution in [2.45, 2.75) is 11.4 Å². The summed E-state index contributed by atoms with van der Waals surface area (Å²) in [5.41, 5.74) is 1.06. The van der Waals surface area contributed by atoms with Crippen molar-refractivity contribution in [1.82, 2.24) is 9.88 Å². The number of rotatable bonds is 4. The van der Waals surface area contributed by atoms with Gasteiger partial charge in [0, 0.05) is 18.5 Å². The van der Waals surface area contributed by atoms with Gasteiger partial charge in [-0.1, -0.05) is 23.7 Å². The van der Waals surface area contributed by atoms with Crippen LogP contribution in [0.1, 0.15) is 15.9 Å². The highest BCUT2D eigenvalue weighted by molar-refractivity contribution is 7.98. The Morgan fingerprint density at radius 2 is 2.05 bits per heavy atom. The van der Waals surface area contributed by atoms with Gasteiger partial charge in [-0.15, -0.1) is 11.8 Å². The van der Waals surface area contributed by atoms with Gasteiger partial charge in [-0.2, -0.15) is 0 Å². The van der Waals surface area contributed by atoms with Crippen LogP contribution in [-0.4, -0.2) is 29.1 Å². The van der Waals surface area contributed by atoms with Crippen molar-refractivity contribution in [2.75, 3.05) is 13.3 Å². The molecule has 0 spiro atoms. The molecule has 6 heteroatoms. The minimum atomic E-state index is -0.583. The van der Waals surface area contributed by atoms with E-state index in [-0.39, 0.29) is 16.6 Å². The summed E-state index contributed by atoms with van der Waals surface area (Å²) in [6, 6.07) is 9.01. The Labute approximate surface area is 132 Å². The summed E-state index contributed by atoms with van der Waals surface area (Å²) in [5.74, 6) is -0.943. The molecule has 1 amide bonds. The molecule has 2 aromatic rings. The Morgan fingerprint density at radius 3 is 2.67 bits per heavy atom. The highest BCUT2D eigenvalue weighted by atomic mass is 35.5. The number of thioether (sulfide) groups is 1. The van der Waals surface area contributed by atoms with E-state index in [1.165, 1.54) is 4.90 Å². The van der Waals surface area contributed by atoms with Crippen LogP contribution in [0.5, 0.6) is 0 Å². The van der Waals surface area contributed by atoms with Gasteiger partial charge in [0.05, 0.1) is 11.8 Å². The van der Waals surface area contributed by atoms with Crippen molar-refractivity contribution < 1.29 is 9.18 Å². The first-order chi connectivity index (χ1) is 10.0. The lowest BCUT2D eigenvalue weighted by Gasteiger charge is -2.18. The Bertz CT molecular complexity index is 649. The lowest BCUT2D eigenvalue weighted by molar-refractivity contribution is 0.0784. The summed E-state index contributed by atoms with van der Waals surface area (Å²) in [4.78, 5) is 18.6. The third-order valence-corrected chi connectivity index (χ3v) is 4.01. The van der Waals surface area contributed by atoms with Crippen LogP contribution in [0, 0.1) is 5.82 Å². The summed E-state index contributed by atoms with van der Waals surface area (Å²) >= 11 is 7.50. The summed E-state index contributed by atoms with van der Waals surface area (Å²) in [7, 11) is 1.64. The highest BCUT2D eigenvalue weighted by Gasteiger charge is 2.17. The number of benzene rings is 1. The topological polar surface area (TPSA) is 33.2 Å². The van der Waals surface area contributed by atoms with Crippen LogP contribution in [0.2, 0.25) is 5.15 Å².